The van der Waals surface area contributed by atoms with Crippen LogP contribution in [0.25, 0.3) is 0 Å². The Labute approximate surface area is 122 Å². The van der Waals surface area contributed by atoms with Crippen LogP contribution in [0, 0.1) is 0 Å². The van der Waals surface area contributed by atoms with Gasteiger partial charge in [-0.25, -0.2) is 0 Å². The van der Waals surface area contributed by atoms with Crippen LogP contribution >= 0.6 is 38.6 Å². The van der Waals surface area contributed by atoms with E-state index < -0.39 is 0 Å². The number of rotatable bonds is 2. The van der Waals surface area contributed by atoms with E-state index in [1.54, 1.807) is 11.3 Å². The zero-order chi connectivity index (χ0) is 12.5. The molecule has 2 aromatic rings. The predicted molar refractivity (Wildman–Crippen MR) is 79.3 cm³/mol. The molecule has 1 saturated heterocycles. The Balaban J connectivity index is 1.85. The molecule has 0 spiro atoms. The van der Waals surface area contributed by atoms with Crippen LogP contribution in [0.3, 0.4) is 0 Å². The van der Waals surface area contributed by atoms with E-state index in [4.69, 9.17) is 0 Å². The van der Waals surface area contributed by atoms with E-state index in [1.165, 1.54) is 16.2 Å². The Hall–Kier alpha value is -0.650. The first-order valence-corrected chi connectivity index (χ1v) is 8.34. The zero-order valence-electron chi connectivity index (χ0n) is 9.64. The van der Waals surface area contributed by atoms with Crippen LogP contribution in [0.5, 0.6) is 0 Å². The summed E-state index contributed by atoms with van der Waals surface area (Å²) in [7, 11) is 0. The maximum Gasteiger partial charge on any atom is 0.264 e. The van der Waals surface area contributed by atoms with Gasteiger partial charge in [0.2, 0.25) is 0 Å². The third-order valence-electron chi connectivity index (χ3n) is 3.17. The molecule has 2 nitrogen and oxygen atoms in total. The van der Waals surface area contributed by atoms with Gasteiger partial charge in [-0.1, -0.05) is 6.07 Å². The smallest absolute Gasteiger partial charge is 0.264 e. The minimum absolute atomic E-state index is 0.168. The maximum atomic E-state index is 12.5. The summed E-state index contributed by atoms with van der Waals surface area (Å²) in [5, 5.41) is 2.08. The lowest BCUT2D eigenvalue weighted by molar-refractivity contribution is 0.0743. The molecule has 0 unspecified atom stereocenters. The highest BCUT2D eigenvalue weighted by Crippen LogP contribution is 2.36. The fourth-order valence-electron chi connectivity index (χ4n) is 2.36. The normalized spacial score (nSPS) is 19.4. The first kappa shape index (κ1) is 12.4. The number of amides is 1. The van der Waals surface area contributed by atoms with Gasteiger partial charge in [0.05, 0.1) is 14.7 Å². The highest BCUT2D eigenvalue weighted by atomic mass is 79.9. The summed E-state index contributed by atoms with van der Waals surface area (Å²) in [6, 6.07) is 8.31. The average Bonchev–Trinajstić information content (AvgIpc) is 3.08. The lowest BCUT2D eigenvalue weighted by atomic mass is 10.2. The standard InChI is InChI=1S/C13H12BrNOS2/c14-12-6-5-11(18-12)13(16)15-7-1-3-9(15)10-4-2-8-17-10/h2,4-6,8-9H,1,3,7H2/t9-/m1/s1. The van der Waals surface area contributed by atoms with Crippen LogP contribution in [0.15, 0.2) is 33.4 Å². The van der Waals surface area contributed by atoms with E-state index in [1.807, 2.05) is 17.0 Å². The van der Waals surface area contributed by atoms with Gasteiger partial charge in [0, 0.05) is 11.4 Å². The molecule has 3 rings (SSSR count). The molecule has 0 aromatic carbocycles. The number of halogens is 1. The highest BCUT2D eigenvalue weighted by molar-refractivity contribution is 9.11. The van der Waals surface area contributed by atoms with Gasteiger partial charge < -0.3 is 4.90 Å². The largest absolute Gasteiger partial charge is 0.330 e. The fourth-order valence-corrected chi connectivity index (χ4v) is 4.57. The molecule has 0 saturated carbocycles. The number of hydrogen-bond acceptors (Lipinski definition) is 3. The second kappa shape index (κ2) is 5.15. The summed E-state index contributed by atoms with van der Waals surface area (Å²) < 4.78 is 1.01. The summed E-state index contributed by atoms with van der Waals surface area (Å²) in [4.78, 5) is 16.6. The van der Waals surface area contributed by atoms with Crippen molar-refractivity contribution in [1.29, 1.82) is 0 Å². The van der Waals surface area contributed by atoms with Crippen molar-refractivity contribution in [3.8, 4) is 0 Å². The van der Waals surface area contributed by atoms with Crippen LogP contribution in [-0.2, 0) is 0 Å². The number of carbonyl (C=O) groups excluding carboxylic acids is 1. The van der Waals surface area contributed by atoms with Crippen LogP contribution in [0.1, 0.15) is 33.4 Å². The Bertz CT molecular complexity index is 549. The van der Waals surface area contributed by atoms with Gasteiger partial charge >= 0.3 is 0 Å². The molecule has 1 aliphatic rings. The molecule has 2 aromatic heterocycles. The summed E-state index contributed by atoms with van der Waals surface area (Å²) in [5.41, 5.74) is 0. The quantitative estimate of drug-likeness (QED) is 0.784. The summed E-state index contributed by atoms with van der Waals surface area (Å²) >= 11 is 6.67. The van der Waals surface area contributed by atoms with Gasteiger partial charge in [-0.3, -0.25) is 4.79 Å². The predicted octanol–water partition coefficient (Wildman–Crippen LogP) is 4.55. The van der Waals surface area contributed by atoms with Gasteiger partial charge in [-0.15, -0.1) is 22.7 Å². The van der Waals surface area contributed by atoms with E-state index >= 15 is 0 Å². The molecule has 3 heterocycles. The minimum Gasteiger partial charge on any atom is -0.330 e. The Morgan fingerprint density at radius 3 is 2.94 bits per heavy atom. The first-order chi connectivity index (χ1) is 8.75. The van der Waals surface area contributed by atoms with Gasteiger partial charge in [0.15, 0.2) is 0 Å². The number of carbonyl (C=O) groups is 1. The van der Waals surface area contributed by atoms with Crippen molar-refractivity contribution >= 4 is 44.5 Å². The van der Waals surface area contributed by atoms with E-state index in [0.29, 0.717) is 0 Å². The number of nitrogens with zero attached hydrogens (tertiary/aromatic N) is 1. The third-order valence-corrected chi connectivity index (χ3v) is 5.75. The molecule has 1 atom stereocenters. The lowest BCUT2D eigenvalue weighted by Gasteiger charge is -2.23. The minimum atomic E-state index is 0.168. The second-order valence-electron chi connectivity index (χ2n) is 4.28. The zero-order valence-corrected chi connectivity index (χ0v) is 12.9. The van der Waals surface area contributed by atoms with Crippen molar-refractivity contribution in [2.45, 2.75) is 18.9 Å². The SMILES string of the molecule is O=C(c1ccc(Br)s1)N1CCC[C@@H]1c1cccs1. The van der Waals surface area contributed by atoms with E-state index in [9.17, 15) is 4.79 Å². The summed E-state index contributed by atoms with van der Waals surface area (Å²) in [6.07, 6.45) is 2.18. The van der Waals surface area contributed by atoms with E-state index in [-0.39, 0.29) is 11.9 Å². The average molecular weight is 342 g/mol. The van der Waals surface area contributed by atoms with Crippen LogP contribution in [0.4, 0.5) is 0 Å². The summed E-state index contributed by atoms with van der Waals surface area (Å²) in [6.45, 7) is 0.872. The van der Waals surface area contributed by atoms with Crippen molar-refractivity contribution in [2.75, 3.05) is 6.54 Å². The summed E-state index contributed by atoms with van der Waals surface area (Å²) in [5.74, 6) is 0.168. The number of likely N-dealkylation sites (tertiary alicyclic amines) is 1. The highest BCUT2D eigenvalue weighted by Gasteiger charge is 2.31. The van der Waals surface area contributed by atoms with Crippen molar-refractivity contribution in [1.82, 2.24) is 4.90 Å². The lowest BCUT2D eigenvalue weighted by Crippen LogP contribution is -2.29. The monoisotopic (exact) mass is 341 g/mol. The molecule has 0 radical (unpaired) electrons. The second-order valence-corrected chi connectivity index (χ2v) is 7.72. The fraction of sp³-hybridized carbons (Fsp3) is 0.308. The van der Waals surface area contributed by atoms with Crippen LogP contribution in [0.2, 0.25) is 0 Å². The molecule has 1 amide bonds. The number of hydrogen-bond donors (Lipinski definition) is 0. The molecule has 18 heavy (non-hydrogen) atoms. The molecule has 0 aliphatic carbocycles. The Morgan fingerprint density at radius 2 is 2.28 bits per heavy atom. The van der Waals surface area contributed by atoms with Gasteiger partial charge in [0.25, 0.3) is 5.91 Å². The number of thiophene rings is 2. The molecular weight excluding hydrogens is 330 g/mol. The topological polar surface area (TPSA) is 20.3 Å². The Morgan fingerprint density at radius 1 is 1.39 bits per heavy atom. The molecule has 94 valence electrons. The molecule has 1 fully saturated rings. The van der Waals surface area contributed by atoms with Gasteiger partial charge in [0.1, 0.15) is 0 Å². The van der Waals surface area contributed by atoms with Crippen LogP contribution in [-0.4, -0.2) is 17.4 Å². The maximum absolute atomic E-state index is 12.5. The molecule has 0 bridgehead atoms. The first-order valence-electron chi connectivity index (χ1n) is 5.85. The molecule has 0 N–H and O–H groups in total. The van der Waals surface area contributed by atoms with Gasteiger partial charge in [-0.05, 0) is 52.4 Å². The van der Waals surface area contributed by atoms with Gasteiger partial charge in [-0.2, -0.15) is 0 Å². The molecule has 1 aliphatic heterocycles. The van der Waals surface area contributed by atoms with Crippen molar-refractivity contribution in [2.24, 2.45) is 0 Å². The van der Waals surface area contributed by atoms with E-state index in [2.05, 4.69) is 33.4 Å². The van der Waals surface area contributed by atoms with Crippen LogP contribution < -0.4 is 0 Å². The van der Waals surface area contributed by atoms with Crippen molar-refractivity contribution < 1.29 is 4.79 Å². The van der Waals surface area contributed by atoms with Crippen molar-refractivity contribution in [3.63, 3.8) is 0 Å². The molecule has 5 heteroatoms. The molecular formula is C13H12BrNOS2. The Kier molecular flexibility index (Phi) is 3.54. The third kappa shape index (κ3) is 2.27. The van der Waals surface area contributed by atoms with Crippen molar-refractivity contribution in [3.05, 3.63) is 43.2 Å². The van der Waals surface area contributed by atoms with E-state index in [0.717, 1.165) is 28.0 Å².